The molecule has 13 heavy (non-hydrogen) atoms. The Kier molecular flexibility index (Phi) is 3.52. The van der Waals surface area contributed by atoms with Crippen molar-refractivity contribution in [1.29, 1.82) is 0 Å². The first-order valence-corrected chi connectivity index (χ1v) is 5.01. The largest absolute Gasteiger partial charge is 0.352 e. The van der Waals surface area contributed by atoms with Crippen LogP contribution < -0.4 is 5.32 Å². The minimum atomic E-state index is 0.215. The van der Waals surface area contributed by atoms with Gasteiger partial charge in [0, 0.05) is 12.5 Å². The van der Waals surface area contributed by atoms with Gasteiger partial charge in [-0.1, -0.05) is 19.1 Å². The van der Waals surface area contributed by atoms with Gasteiger partial charge in [-0.25, -0.2) is 0 Å². The molecule has 1 aliphatic rings. The molecule has 2 heteroatoms. The van der Waals surface area contributed by atoms with Crippen molar-refractivity contribution < 1.29 is 4.79 Å². The van der Waals surface area contributed by atoms with E-state index in [2.05, 4.69) is 18.8 Å². The van der Waals surface area contributed by atoms with E-state index in [1.165, 1.54) is 6.42 Å². The van der Waals surface area contributed by atoms with E-state index < -0.39 is 0 Å². The summed E-state index contributed by atoms with van der Waals surface area (Å²) in [5, 5.41) is 2.91. The van der Waals surface area contributed by atoms with Crippen LogP contribution in [0.25, 0.3) is 0 Å². The number of carbonyl (C=O) groups excluding carboxylic acids is 1. The molecular formula is C11H19NO. The molecule has 0 aromatic heterocycles. The van der Waals surface area contributed by atoms with Gasteiger partial charge in [0.05, 0.1) is 0 Å². The van der Waals surface area contributed by atoms with Crippen LogP contribution in [0.5, 0.6) is 0 Å². The lowest BCUT2D eigenvalue weighted by atomic mass is 10.1. The van der Waals surface area contributed by atoms with E-state index in [4.69, 9.17) is 0 Å². The first-order chi connectivity index (χ1) is 6.09. The molecule has 1 fully saturated rings. The van der Waals surface area contributed by atoms with Crippen LogP contribution in [0, 0.1) is 11.8 Å². The summed E-state index contributed by atoms with van der Waals surface area (Å²) in [6, 6.07) is 0. The van der Waals surface area contributed by atoms with Crippen LogP contribution in [0.3, 0.4) is 0 Å². The minimum absolute atomic E-state index is 0.215. The van der Waals surface area contributed by atoms with Crippen molar-refractivity contribution in [1.82, 2.24) is 5.32 Å². The van der Waals surface area contributed by atoms with Crippen LogP contribution in [-0.4, -0.2) is 12.5 Å². The highest BCUT2D eigenvalue weighted by atomic mass is 16.1. The lowest BCUT2D eigenvalue weighted by molar-refractivity contribution is -0.124. The molecule has 2 unspecified atom stereocenters. The zero-order chi connectivity index (χ0) is 9.84. The smallest absolute Gasteiger partial charge is 0.223 e. The number of carbonyl (C=O) groups is 1. The molecule has 74 valence electrons. The third-order valence-electron chi connectivity index (χ3n) is 2.63. The molecule has 0 aliphatic heterocycles. The van der Waals surface area contributed by atoms with Gasteiger partial charge in [-0.3, -0.25) is 4.79 Å². The van der Waals surface area contributed by atoms with Crippen molar-refractivity contribution in [2.45, 2.75) is 33.1 Å². The van der Waals surface area contributed by atoms with Gasteiger partial charge in [0.2, 0.25) is 5.91 Å². The van der Waals surface area contributed by atoms with E-state index in [1.54, 1.807) is 0 Å². The number of nitrogens with one attached hydrogen (secondary N) is 1. The van der Waals surface area contributed by atoms with E-state index in [0.29, 0.717) is 6.54 Å². The number of hydrogen-bond donors (Lipinski definition) is 1. The van der Waals surface area contributed by atoms with E-state index in [1.807, 2.05) is 6.92 Å². The maximum absolute atomic E-state index is 11.5. The highest BCUT2D eigenvalue weighted by molar-refractivity contribution is 5.79. The van der Waals surface area contributed by atoms with Crippen molar-refractivity contribution in [2.75, 3.05) is 6.54 Å². The average Bonchev–Trinajstić information content (AvgIpc) is 2.47. The second kappa shape index (κ2) is 4.45. The predicted octanol–water partition coefficient (Wildman–Crippen LogP) is 2.11. The molecule has 0 bridgehead atoms. The minimum Gasteiger partial charge on any atom is -0.352 e. The molecule has 0 aromatic rings. The Hall–Kier alpha value is -0.790. The monoisotopic (exact) mass is 181 g/mol. The fourth-order valence-electron chi connectivity index (χ4n) is 1.83. The van der Waals surface area contributed by atoms with Crippen molar-refractivity contribution in [3.8, 4) is 0 Å². The zero-order valence-electron chi connectivity index (χ0n) is 8.60. The molecule has 1 N–H and O–H groups in total. The maximum Gasteiger partial charge on any atom is 0.223 e. The Morgan fingerprint density at radius 3 is 2.69 bits per heavy atom. The van der Waals surface area contributed by atoms with Gasteiger partial charge < -0.3 is 5.32 Å². The molecule has 0 radical (unpaired) electrons. The quantitative estimate of drug-likeness (QED) is 0.664. The third kappa shape index (κ3) is 3.21. The van der Waals surface area contributed by atoms with Crippen LogP contribution in [0.15, 0.2) is 12.2 Å². The van der Waals surface area contributed by atoms with E-state index >= 15 is 0 Å². The molecule has 0 spiro atoms. The van der Waals surface area contributed by atoms with E-state index in [9.17, 15) is 4.79 Å². The summed E-state index contributed by atoms with van der Waals surface area (Å²) in [6.45, 7) is 8.53. The summed E-state index contributed by atoms with van der Waals surface area (Å²) < 4.78 is 0. The van der Waals surface area contributed by atoms with Crippen molar-refractivity contribution in [3.05, 3.63) is 12.2 Å². The fourth-order valence-corrected chi connectivity index (χ4v) is 1.83. The molecular weight excluding hydrogens is 162 g/mol. The lowest BCUT2D eigenvalue weighted by Crippen LogP contribution is -2.30. The Morgan fingerprint density at radius 2 is 2.23 bits per heavy atom. The Labute approximate surface area is 80.4 Å². The highest BCUT2D eigenvalue weighted by Crippen LogP contribution is 2.30. The maximum atomic E-state index is 11.5. The first kappa shape index (κ1) is 10.3. The molecule has 0 heterocycles. The Bertz CT molecular complexity index is 210. The molecule has 0 aromatic carbocycles. The molecule has 1 aliphatic carbocycles. The Morgan fingerprint density at radius 1 is 1.54 bits per heavy atom. The number of hydrogen-bond acceptors (Lipinski definition) is 1. The van der Waals surface area contributed by atoms with Crippen molar-refractivity contribution >= 4 is 5.91 Å². The summed E-state index contributed by atoms with van der Waals surface area (Å²) in [7, 11) is 0. The standard InChI is InChI=1S/C11H19NO/c1-8(2)7-12-11(13)10-5-4-9(3)6-10/h9-10H,1,4-7H2,2-3H3,(H,12,13). The van der Waals surface area contributed by atoms with Gasteiger partial charge in [0.1, 0.15) is 0 Å². The topological polar surface area (TPSA) is 29.1 Å². The van der Waals surface area contributed by atoms with E-state index in [0.717, 1.165) is 24.3 Å². The summed E-state index contributed by atoms with van der Waals surface area (Å²) in [4.78, 5) is 11.5. The summed E-state index contributed by atoms with van der Waals surface area (Å²) >= 11 is 0. The van der Waals surface area contributed by atoms with Crippen molar-refractivity contribution in [3.63, 3.8) is 0 Å². The van der Waals surface area contributed by atoms with Crippen LogP contribution >= 0.6 is 0 Å². The second-order valence-electron chi connectivity index (χ2n) is 4.29. The Balaban J connectivity index is 2.27. The second-order valence-corrected chi connectivity index (χ2v) is 4.29. The fraction of sp³-hybridized carbons (Fsp3) is 0.727. The van der Waals surface area contributed by atoms with Crippen LogP contribution in [-0.2, 0) is 4.79 Å². The van der Waals surface area contributed by atoms with Gasteiger partial charge in [0.25, 0.3) is 0 Å². The molecule has 0 saturated heterocycles. The summed E-state index contributed by atoms with van der Waals surface area (Å²) in [5.74, 6) is 1.20. The van der Waals surface area contributed by atoms with Gasteiger partial charge in [0.15, 0.2) is 0 Å². The molecule has 1 amide bonds. The molecule has 2 nitrogen and oxygen atoms in total. The average molecular weight is 181 g/mol. The molecule has 1 rings (SSSR count). The van der Waals surface area contributed by atoms with Gasteiger partial charge in [-0.05, 0) is 32.1 Å². The highest BCUT2D eigenvalue weighted by Gasteiger charge is 2.26. The van der Waals surface area contributed by atoms with Crippen LogP contribution in [0.2, 0.25) is 0 Å². The normalized spacial score (nSPS) is 27.2. The molecule has 1 saturated carbocycles. The van der Waals surface area contributed by atoms with Gasteiger partial charge in [-0.2, -0.15) is 0 Å². The zero-order valence-corrected chi connectivity index (χ0v) is 8.60. The summed E-state index contributed by atoms with van der Waals surface area (Å²) in [6.07, 6.45) is 3.32. The number of amides is 1. The van der Waals surface area contributed by atoms with Crippen LogP contribution in [0.4, 0.5) is 0 Å². The first-order valence-electron chi connectivity index (χ1n) is 5.01. The lowest BCUT2D eigenvalue weighted by Gasteiger charge is -2.10. The van der Waals surface area contributed by atoms with E-state index in [-0.39, 0.29) is 11.8 Å². The van der Waals surface area contributed by atoms with Gasteiger partial charge >= 0.3 is 0 Å². The van der Waals surface area contributed by atoms with Crippen LogP contribution in [0.1, 0.15) is 33.1 Å². The molecule has 2 atom stereocenters. The number of rotatable bonds is 3. The SMILES string of the molecule is C=C(C)CNC(=O)C1CCC(C)C1. The van der Waals surface area contributed by atoms with Gasteiger partial charge in [-0.15, -0.1) is 0 Å². The third-order valence-corrected chi connectivity index (χ3v) is 2.63. The summed E-state index contributed by atoms with van der Waals surface area (Å²) in [5.41, 5.74) is 1.01. The van der Waals surface area contributed by atoms with Crippen molar-refractivity contribution in [2.24, 2.45) is 11.8 Å². The predicted molar refractivity (Wildman–Crippen MR) is 54.3 cm³/mol.